The summed E-state index contributed by atoms with van der Waals surface area (Å²) in [4.78, 5) is 18.2. The zero-order chi connectivity index (χ0) is 28.0. The van der Waals surface area contributed by atoms with Crippen LogP contribution in [0.15, 0.2) is 48.6 Å². The minimum atomic E-state index is 0.288. The minimum Gasteiger partial charge on any atom is -0.354 e. The Morgan fingerprint density at radius 2 is 1.89 bits per heavy atom. The van der Waals surface area contributed by atoms with Crippen molar-refractivity contribution in [3.05, 3.63) is 65.4 Å². The summed E-state index contributed by atoms with van der Waals surface area (Å²) in [6, 6.07) is 6.90. The molecule has 1 aliphatic rings. The third-order valence-corrected chi connectivity index (χ3v) is 6.64. The first kappa shape index (κ1) is 31.9. The van der Waals surface area contributed by atoms with Gasteiger partial charge in [-0.15, -0.1) is 0 Å². The Morgan fingerprint density at radius 3 is 2.43 bits per heavy atom. The number of H-pyrrole nitrogens is 1. The molecule has 0 aliphatic carbocycles. The molecular formula is C32H48N4O. The standard InChI is InChI=1S/C29H41N3O.C2H6.CHN/c1-6-9-24(18-20(2)3)29-28(21(4)5)25-19-23(11-12-26(25)31-29)22-13-16-32(17-14-22)27(33)10-7-8-15-30;2*1-2/h6,9,11-12,18-19,21-22,31H,2,7-8,10,13-17,30H2,1,3-5H3;1-2H3;1H/b9-6-,24-18+;;. The third-order valence-electron chi connectivity index (χ3n) is 6.64. The van der Waals surface area contributed by atoms with Crippen molar-refractivity contribution < 1.29 is 4.79 Å². The molecule has 0 radical (unpaired) electrons. The summed E-state index contributed by atoms with van der Waals surface area (Å²) in [5, 5.41) is 7.81. The van der Waals surface area contributed by atoms with Crippen LogP contribution in [0.2, 0.25) is 0 Å². The molecule has 0 unspecified atom stereocenters. The first-order valence-corrected chi connectivity index (χ1v) is 13.7. The lowest BCUT2D eigenvalue weighted by molar-refractivity contribution is -0.132. The summed E-state index contributed by atoms with van der Waals surface area (Å²) in [5.74, 6) is 1.19. The molecule has 0 spiro atoms. The van der Waals surface area contributed by atoms with Gasteiger partial charge in [-0.3, -0.25) is 4.79 Å². The summed E-state index contributed by atoms with van der Waals surface area (Å²) in [5.41, 5.74) is 12.9. The molecule has 1 aromatic carbocycles. The van der Waals surface area contributed by atoms with E-state index in [0.717, 1.165) is 44.3 Å². The van der Waals surface area contributed by atoms with Gasteiger partial charge in [-0.25, -0.2) is 5.26 Å². The maximum absolute atomic E-state index is 12.5. The first-order chi connectivity index (χ1) is 17.8. The number of carbonyl (C=O) groups excluding carboxylic acids is 1. The number of fused-ring (bicyclic) bond motifs is 1. The highest BCUT2D eigenvalue weighted by Crippen LogP contribution is 2.37. The van der Waals surface area contributed by atoms with Crippen LogP contribution < -0.4 is 5.73 Å². The number of nitrogens with two attached hydrogens (primary N) is 1. The average molecular weight is 505 g/mol. The normalized spacial score (nSPS) is 14.3. The molecule has 1 aliphatic heterocycles. The SMILES string of the molecule is C#N.C=C(C)/C=C(\C=C/C)c1[nH]c2ccc(C3CCN(C(=O)CCCCN)CC3)cc2c1C(C)C.CC. The summed E-state index contributed by atoms with van der Waals surface area (Å²) in [6.07, 6.45) is 10.9. The van der Waals surface area contributed by atoms with E-state index < -0.39 is 0 Å². The average Bonchev–Trinajstić information content (AvgIpc) is 3.30. The molecule has 1 fully saturated rings. The molecule has 202 valence electrons. The lowest BCUT2D eigenvalue weighted by Crippen LogP contribution is -2.37. The number of nitrogens with zero attached hydrogens (tertiary/aromatic N) is 2. The molecular weight excluding hydrogens is 456 g/mol. The predicted octanol–water partition coefficient (Wildman–Crippen LogP) is 7.83. The largest absolute Gasteiger partial charge is 0.354 e. The number of benzene rings is 1. The van der Waals surface area contributed by atoms with Gasteiger partial charge in [-0.1, -0.05) is 64.1 Å². The molecule has 3 rings (SSSR count). The fourth-order valence-electron chi connectivity index (χ4n) is 5.00. The van der Waals surface area contributed by atoms with Crippen molar-refractivity contribution in [1.29, 1.82) is 5.26 Å². The predicted molar refractivity (Wildman–Crippen MR) is 159 cm³/mol. The van der Waals surface area contributed by atoms with Gasteiger partial charge >= 0.3 is 0 Å². The van der Waals surface area contributed by atoms with Gasteiger partial charge < -0.3 is 15.6 Å². The van der Waals surface area contributed by atoms with Crippen LogP contribution in [0, 0.1) is 11.8 Å². The van der Waals surface area contributed by atoms with E-state index in [-0.39, 0.29) is 5.91 Å². The molecule has 2 heterocycles. The van der Waals surface area contributed by atoms with Crippen molar-refractivity contribution >= 4 is 22.4 Å². The van der Waals surface area contributed by atoms with Crippen molar-refractivity contribution in [2.75, 3.05) is 19.6 Å². The fraction of sp³-hybridized carbons (Fsp3) is 0.500. The highest BCUT2D eigenvalue weighted by Gasteiger charge is 2.25. The van der Waals surface area contributed by atoms with Crippen LogP contribution in [0.4, 0.5) is 0 Å². The van der Waals surface area contributed by atoms with E-state index in [1.165, 1.54) is 33.3 Å². The van der Waals surface area contributed by atoms with Gasteiger partial charge in [0.1, 0.15) is 0 Å². The van der Waals surface area contributed by atoms with Crippen LogP contribution in [0.3, 0.4) is 0 Å². The van der Waals surface area contributed by atoms with Crippen LogP contribution in [-0.2, 0) is 4.79 Å². The molecule has 0 bridgehead atoms. The molecule has 5 nitrogen and oxygen atoms in total. The molecule has 2 aromatic rings. The lowest BCUT2D eigenvalue weighted by Gasteiger charge is -2.32. The molecule has 37 heavy (non-hydrogen) atoms. The number of hydrogen-bond acceptors (Lipinski definition) is 3. The molecule has 1 amide bonds. The van der Waals surface area contributed by atoms with E-state index in [0.29, 0.717) is 24.8 Å². The highest BCUT2D eigenvalue weighted by molar-refractivity contribution is 5.92. The molecule has 3 N–H and O–H groups in total. The Bertz CT molecular complexity index is 1080. The van der Waals surface area contributed by atoms with E-state index in [9.17, 15) is 4.79 Å². The second-order valence-electron chi connectivity index (χ2n) is 9.72. The molecule has 1 aromatic heterocycles. The number of hydrogen-bond donors (Lipinski definition) is 2. The minimum absolute atomic E-state index is 0.288. The van der Waals surface area contributed by atoms with E-state index in [4.69, 9.17) is 11.0 Å². The number of unbranched alkanes of at least 4 members (excludes halogenated alkanes) is 1. The van der Waals surface area contributed by atoms with Crippen LogP contribution in [0.5, 0.6) is 0 Å². The zero-order valence-electron chi connectivity index (χ0n) is 23.9. The Labute approximate surface area is 225 Å². The fourth-order valence-corrected chi connectivity index (χ4v) is 5.00. The van der Waals surface area contributed by atoms with Crippen LogP contribution in [0.25, 0.3) is 16.5 Å². The maximum atomic E-state index is 12.5. The quantitative estimate of drug-likeness (QED) is 0.269. The Hall–Kier alpha value is -3.10. The number of aromatic amines is 1. The number of carbonyl (C=O) groups is 1. The lowest BCUT2D eigenvalue weighted by atomic mass is 9.87. The smallest absolute Gasteiger partial charge is 0.222 e. The van der Waals surface area contributed by atoms with Crippen LogP contribution in [0.1, 0.15) is 102 Å². The van der Waals surface area contributed by atoms with Crippen LogP contribution >= 0.6 is 0 Å². The first-order valence-electron chi connectivity index (χ1n) is 13.7. The maximum Gasteiger partial charge on any atom is 0.222 e. The number of likely N-dealkylation sites (tertiary alicyclic amines) is 1. The highest BCUT2D eigenvalue weighted by atomic mass is 16.2. The summed E-state index contributed by atoms with van der Waals surface area (Å²) in [7, 11) is 0. The van der Waals surface area contributed by atoms with Crippen molar-refractivity contribution in [3.8, 4) is 6.57 Å². The molecule has 1 saturated heterocycles. The number of allylic oxidation sites excluding steroid dienone is 5. The van der Waals surface area contributed by atoms with Gasteiger partial charge in [0.2, 0.25) is 5.91 Å². The molecule has 0 saturated carbocycles. The number of nitrogens with one attached hydrogen (secondary N) is 1. The number of nitriles is 1. The summed E-state index contributed by atoms with van der Waals surface area (Å²) in [6.45, 7) is 22.6. The van der Waals surface area contributed by atoms with Gasteiger partial charge in [0.25, 0.3) is 0 Å². The summed E-state index contributed by atoms with van der Waals surface area (Å²) >= 11 is 0. The number of rotatable bonds is 9. The van der Waals surface area contributed by atoms with Crippen molar-refractivity contribution in [2.24, 2.45) is 5.73 Å². The number of amides is 1. The molecule has 5 heteroatoms. The number of aromatic nitrogens is 1. The van der Waals surface area contributed by atoms with Gasteiger partial charge in [-0.2, -0.15) is 0 Å². The van der Waals surface area contributed by atoms with Gasteiger partial charge in [-0.05, 0) is 86.7 Å². The zero-order valence-corrected chi connectivity index (χ0v) is 23.9. The van der Waals surface area contributed by atoms with E-state index in [1.807, 2.05) is 25.7 Å². The number of piperidine rings is 1. The summed E-state index contributed by atoms with van der Waals surface area (Å²) < 4.78 is 0. The van der Waals surface area contributed by atoms with Gasteiger partial charge in [0.05, 0.1) is 0 Å². The van der Waals surface area contributed by atoms with Crippen LogP contribution in [-0.4, -0.2) is 35.4 Å². The Balaban J connectivity index is 0.00000163. The van der Waals surface area contributed by atoms with Crippen molar-refractivity contribution in [1.82, 2.24) is 9.88 Å². The van der Waals surface area contributed by atoms with E-state index >= 15 is 0 Å². The van der Waals surface area contributed by atoms with Gasteiger partial charge in [0, 0.05) is 42.7 Å². The van der Waals surface area contributed by atoms with Crippen molar-refractivity contribution in [2.45, 2.75) is 85.5 Å². The molecule has 0 atom stereocenters. The van der Waals surface area contributed by atoms with E-state index in [2.05, 4.69) is 75.3 Å². The Kier molecular flexibility index (Phi) is 14.3. The third kappa shape index (κ3) is 8.76. The second-order valence-corrected chi connectivity index (χ2v) is 9.72. The topological polar surface area (TPSA) is 85.9 Å². The van der Waals surface area contributed by atoms with Gasteiger partial charge in [0.15, 0.2) is 0 Å². The van der Waals surface area contributed by atoms with E-state index in [1.54, 1.807) is 0 Å². The second kappa shape index (κ2) is 16.6. The Morgan fingerprint density at radius 1 is 1.24 bits per heavy atom. The monoisotopic (exact) mass is 504 g/mol. The van der Waals surface area contributed by atoms with Crippen molar-refractivity contribution in [3.63, 3.8) is 0 Å².